The van der Waals surface area contributed by atoms with Gasteiger partial charge in [0.2, 0.25) is 0 Å². The van der Waals surface area contributed by atoms with Crippen molar-refractivity contribution in [2.24, 2.45) is 17.8 Å². The minimum atomic E-state index is 0.892. The van der Waals surface area contributed by atoms with Crippen molar-refractivity contribution < 1.29 is 0 Å². The lowest BCUT2D eigenvalue weighted by Crippen LogP contribution is -2.32. The van der Waals surface area contributed by atoms with Gasteiger partial charge in [-0.3, -0.25) is 0 Å². The second-order valence-corrected chi connectivity index (χ2v) is 6.31. The molecule has 1 nitrogen and oxygen atoms in total. The van der Waals surface area contributed by atoms with Gasteiger partial charge in [-0.15, -0.1) is 11.3 Å². The zero-order chi connectivity index (χ0) is 11.4. The van der Waals surface area contributed by atoms with Crippen molar-refractivity contribution in [2.75, 3.05) is 13.6 Å². The summed E-state index contributed by atoms with van der Waals surface area (Å²) in [5.74, 6) is 2.72. The molecule has 0 amide bonds. The van der Waals surface area contributed by atoms with Gasteiger partial charge >= 0.3 is 0 Å². The van der Waals surface area contributed by atoms with Gasteiger partial charge in [-0.25, -0.2) is 0 Å². The molecule has 1 aromatic heterocycles. The lowest BCUT2D eigenvalue weighted by atomic mass is 9.73. The Morgan fingerprint density at radius 2 is 2.25 bits per heavy atom. The highest BCUT2D eigenvalue weighted by Gasteiger charge is 2.28. The maximum atomic E-state index is 3.37. The van der Waals surface area contributed by atoms with Gasteiger partial charge in [-0.2, -0.15) is 0 Å². The molecule has 0 aliphatic heterocycles. The molecule has 1 heterocycles. The third-order valence-electron chi connectivity index (χ3n) is 3.91. The van der Waals surface area contributed by atoms with E-state index in [1.165, 1.54) is 32.2 Å². The summed E-state index contributed by atoms with van der Waals surface area (Å²) in [7, 11) is 2.08. The van der Waals surface area contributed by atoms with E-state index in [2.05, 4.69) is 36.8 Å². The number of thiophene rings is 1. The van der Waals surface area contributed by atoms with Crippen molar-refractivity contribution in [3.63, 3.8) is 0 Å². The Morgan fingerprint density at radius 3 is 2.94 bits per heavy atom. The topological polar surface area (TPSA) is 12.0 Å². The van der Waals surface area contributed by atoms with E-state index in [9.17, 15) is 0 Å². The molecule has 1 fully saturated rings. The van der Waals surface area contributed by atoms with Gasteiger partial charge in [0.05, 0.1) is 0 Å². The minimum Gasteiger partial charge on any atom is -0.319 e. The van der Waals surface area contributed by atoms with Crippen molar-refractivity contribution in [2.45, 2.75) is 32.6 Å². The number of hydrogen-bond donors (Lipinski definition) is 1. The molecule has 1 saturated carbocycles. The third kappa shape index (κ3) is 3.08. The van der Waals surface area contributed by atoms with Crippen LogP contribution in [0.2, 0.25) is 0 Å². The molecule has 2 rings (SSSR count). The average Bonchev–Trinajstić information content (AvgIpc) is 2.75. The van der Waals surface area contributed by atoms with Crippen LogP contribution in [0.4, 0.5) is 0 Å². The fourth-order valence-corrected chi connectivity index (χ4v) is 3.83. The van der Waals surface area contributed by atoms with Gasteiger partial charge in [0.25, 0.3) is 0 Å². The van der Waals surface area contributed by atoms with Gasteiger partial charge in [0.1, 0.15) is 0 Å². The number of nitrogens with one attached hydrogen (secondary N) is 1. The van der Waals surface area contributed by atoms with Crippen LogP contribution in [0, 0.1) is 17.8 Å². The molecule has 1 aliphatic carbocycles. The molecule has 0 radical (unpaired) electrons. The second kappa shape index (κ2) is 5.83. The van der Waals surface area contributed by atoms with Crippen LogP contribution < -0.4 is 5.32 Å². The summed E-state index contributed by atoms with van der Waals surface area (Å²) in [5.41, 5.74) is 0. The van der Waals surface area contributed by atoms with E-state index in [4.69, 9.17) is 0 Å². The summed E-state index contributed by atoms with van der Waals surface area (Å²) in [4.78, 5) is 1.57. The first-order chi connectivity index (χ1) is 7.79. The molecule has 1 aliphatic rings. The first-order valence-corrected chi connectivity index (χ1v) is 7.34. The summed E-state index contributed by atoms with van der Waals surface area (Å²) < 4.78 is 0. The smallest absolute Gasteiger partial charge is 0.00480 e. The van der Waals surface area contributed by atoms with E-state index in [0.717, 1.165) is 17.8 Å². The maximum absolute atomic E-state index is 3.37. The van der Waals surface area contributed by atoms with Crippen molar-refractivity contribution >= 4 is 11.3 Å². The number of rotatable bonds is 4. The fraction of sp³-hybridized carbons (Fsp3) is 0.714. The molecule has 0 bridgehead atoms. The number of hydrogen-bond acceptors (Lipinski definition) is 2. The Balaban J connectivity index is 1.96. The summed E-state index contributed by atoms with van der Waals surface area (Å²) in [6, 6.07) is 4.47. The summed E-state index contributed by atoms with van der Waals surface area (Å²) in [6.45, 7) is 3.61. The van der Waals surface area contributed by atoms with Crippen LogP contribution in [0.15, 0.2) is 17.5 Å². The Bertz CT molecular complexity index is 294. The summed E-state index contributed by atoms with van der Waals surface area (Å²) in [5, 5.41) is 5.57. The van der Waals surface area contributed by atoms with Crippen LogP contribution in [0.3, 0.4) is 0 Å². The van der Waals surface area contributed by atoms with Crippen molar-refractivity contribution in [3.05, 3.63) is 22.4 Å². The van der Waals surface area contributed by atoms with E-state index in [-0.39, 0.29) is 0 Å². The molecule has 3 unspecified atom stereocenters. The molecule has 0 saturated heterocycles. The molecule has 0 spiro atoms. The van der Waals surface area contributed by atoms with Gasteiger partial charge in [0.15, 0.2) is 0 Å². The first kappa shape index (κ1) is 12.1. The molecule has 90 valence electrons. The highest BCUT2D eigenvalue weighted by molar-refractivity contribution is 7.09. The summed E-state index contributed by atoms with van der Waals surface area (Å²) >= 11 is 1.92. The lowest BCUT2D eigenvalue weighted by molar-refractivity contribution is 0.187. The SMILES string of the molecule is CNCC1CCC(C)CC1Cc1cccs1. The molecular formula is C14H23NS. The maximum Gasteiger partial charge on any atom is 0.00480 e. The predicted octanol–water partition coefficient (Wildman–Crippen LogP) is 3.56. The average molecular weight is 237 g/mol. The van der Waals surface area contributed by atoms with Crippen LogP contribution in [-0.4, -0.2) is 13.6 Å². The van der Waals surface area contributed by atoms with Crippen LogP contribution in [0.5, 0.6) is 0 Å². The monoisotopic (exact) mass is 237 g/mol. The molecule has 1 aromatic rings. The largest absolute Gasteiger partial charge is 0.319 e. The van der Waals surface area contributed by atoms with E-state index in [0.29, 0.717) is 0 Å². The normalized spacial score (nSPS) is 30.5. The van der Waals surface area contributed by atoms with E-state index in [1.807, 2.05) is 11.3 Å². The first-order valence-electron chi connectivity index (χ1n) is 6.46. The minimum absolute atomic E-state index is 0.892. The van der Waals surface area contributed by atoms with Crippen molar-refractivity contribution in [1.82, 2.24) is 5.32 Å². The second-order valence-electron chi connectivity index (χ2n) is 5.28. The van der Waals surface area contributed by atoms with E-state index >= 15 is 0 Å². The quantitative estimate of drug-likeness (QED) is 0.844. The van der Waals surface area contributed by atoms with E-state index in [1.54, 1.807) is 4.88 Å². The highest BCUT2D eigenvalue weighted by atomic mass is 32.1. The van der Waals surface area contributed by atoms with Crippen LogP contribution in [0.25, 0.3) is 0 Å². The summed E-state index contributed by atoms with van der Waals surface area (Å²) in [6.07, 6.45) is 5.56. The Labute approximate surface area is 103 Å². The van der Waals surface area contributed by atoms with Gasteiger partial charge in [-0.1, -0.05) is 19.4 Å². The molecule has 2 heteroatoms. The fourth-order valence-electron chi connectivity index (χ4n) is 3.03. The molecule has 16 heavy (non-hydrogen) atoms. The Morgan fingerprint density at radius 1 is 1.38 bits per heavy atom. The molecular weight excluding hydrogens is 214 g/mol. The van der Waals surface area contributed by atoms with Crippen LogP contribution in [-0.2, 0) is 6.42 Å². The zero-order valence-electron chi connectivity index (χ0n) is 10.4. The van der Waals surface area contributed by atoms with Crippen molar-refractivity contribution in [1.29, 1.82) is 0 Å². The molecule has 1 N–H and O–H groups in total. The molecule has 3 atom stereocenters. The molecule has 0 aromatic carbocycles. The Kier molecular flexibility index (Phi) is 4.42. The Hall–Kier alpha value is -0.340. The van der Waals surface area contributed by atoms with Gasteiger partial charge < -0.3 is 5.32 Å². The zero-order valence-corrected chi connectivity index (χ0v) is 11.2. The van der Waals surface area contributed by atoms with Crippen LogP contribution >= 0.6 is 11.3 Å². The predicted molar refractivity (Wildman–Crippen MR) is 71.9 cm³/mol. The van der Waals surface area contributed by atoms with Gasteiger partial charge in [0, 0.05) is 4.88 Å². The standard InChI is InChI=1S/C14H23NS/c1-11-5-6-12(10-15-2)13(8-11)9-14-4-3-7-16-14/h3-4,7,11-13,15H,5-6,8-10H2,1-2H3. The lowest BCUT2D eigenvalue weighted by Gasteiger charge is -2.34. The van der Waals surface area contributed by atoms with Crippen LogP contribution in [0.1, 0.15) is 31.1 Å². The third-order valence-corrected chi connectivity index (χ3v) is 4.81. The van der Waals surface area contributed by atoms with E-state index < -0.39 is 0 Å². The van der Waals surface area contributed by atoms with Gasteiger partial charge in [-0.05, 0) is 62.1 Å². The highest BCUT2D eigenvalue weighted by Crippen LogP contribution is 2.36. The van der Waals surface area contributed by atoms with Crippen molar-refractivity contribution in [3.8, 4) is 0 Å².